The predicted octanol–water partition coefficient (Wildman–Crippen LogP) is 11.4. The van der Waals surface area contributed by atoms with E-state index >= 15 is 0 Å². The van der Waals surface area contributed by atoms with Gasteiger partial charge in [0.25, 0.3) is 0 Å². The van der Waals surface area contributed by atoms with Gasteiger partial charge < -0.3 is 0 Å². The molecular formula is C46H36N6. The van der Waals surface area contributed by atoms with Crippen LogP contribution in [-0.4, -0.2) is 28.7 Å². The first-order valence-corrected chi connectivity index (χ1v) is 18.1. The van der Waals surface area contributed by atoms with Gasteiger partial charge in [-0.2, -0.15) is 0 Å². The molecule has 0 amide bonds. The number of benzene rings is 5. The average molecular weight is 673 g/mol. The van der Waals surface area contributed by atoms with E-state index in [2.05, 4.69) is 178 Å². The van der Waals surface area contributed by atoms with Gasteiger partial charge in [-0.05, 0) is 104 Å². The third kappa shape index (κ3) is 5.06. The Balaban J connectivity index is 1.30. The van der Waals surface area contributed by atoms with Crippen molar-refractivity contribution in [3.05, 3.63) is 158 Å². The average Bonchev–Trinajstić information content (AvgIpc) is 3.90. The SMILES string of the molecule is CC1C=C(n2c(-c3cc(-c4nc5ccccc5n4C4=CC=CCC4)cc(-c4nc5ccccc5n4-c4ccccc4)c3)nc3ccccc32)C=CC1. The van der Waals surface area contributed by atoms with Crippen LogP contribution in [-0.2, 0) is 0 Å². The predicted molar refractivity (Wildman–Crippen MR) is 214 cm³/mol. The lowest BCUT2D eigenvalue weighted by Crippen LogP contribution is -2.05. The molecule has 0 fully saturated rings. The first kappa shape index (κ1) is 30.3. The Morgan fingerprint density at radius 2 is 1.08 bits per heavy atom. The third-order valence-electron chi connectivity index (χ3n) is 10.2. The fraction of sp³-hybridized carbons (Fsp3) is 0.109. The number of imidazole rings is 3. The summed E-state index contributed by atoms with van der Waals surface area (Å²) in [4.78, 5) is 16.0. The molecular weight excluding hydrogens is 637 g/mol. The zero-order chi connectivity index (χ0) is 34.6. The summed E-state index contributed by atoms with van der Waals surface area (Å²) in [5.41, 5.74) is 12.5. The molecule has 2 aliphatic rings. The van der Waals surface area contributed by atoms with Crippen molar-refractivity contribution >= 4 is 44.5 Å². The summed E-state index contributed by atoms with van der Waals surface area (Å²) in [6.07, 6.45) is 16.5. The van der Waals surface area contributed by atoms with Gasteiger partial charge in [0, 0.05) is 33.8 Å². The van der Waals surface area contributed by atoms with E-state index in [0.29, 0.717) is 5.92 Å². The summed E-state index contributed by atoms with van der Waals surface area (Å²) in [6.45, 7) is 2.27. The highest BCUT2D eigenvalue weighted by atomic mass is 15.1. The summed E-state index contributed by atoms with van der Waals surface area (Å²) < 4.78 is 6.94. The molecule has 0 saturated heterocycles. The lowest BCUT2D eigenvalue weighted by Gasteiger charge is -2.18. The van der Waals surface area contributed by atoms with Crippen LogP contribution in [0.3, 0.4) is 0 Å². The van der Waals surface area contributed by atoms with Crippen molar-refractivity contribution < 1.29 is 0 Å². The van der Waals surface area contributed by atoms with E-state index in [4.69, 9.17) is 15.0 Å². The Kier molecular flexibility index (Phi) is 7.20. The minimum atomic E-state index is 0.430. The Morgan fingerprint density at radius 1 is 0.558 bits per heavy atom. The Labute approximate surface area is 302 Å². The largest absolute Gasteiger partial charge is 0.296 e. The standard InChI is InChI=1S/C46H36N6/c1-31-15-14-20-37(27-31)52-43-26-13-10-23-40(43)49-46(52)34-29-32(44-47-38-21-8-11-24-41(38)50(44)35-16-4-2-5-17-35)28-33(30-34)45-48-39-22-9-12-25-42(39)51(45)36-18-6-3-7-19-36/h2-6,8-14,16-18,20-31H,7,15,19H2,1H3. The minimum absolute atomic E-state index is 0.430. The van der Waals surface area contributed by atoms with Crippen LogP contribution in [0.25, 0.3) is 84.3 Å². The second kappa shape index (κ2) is 12.4. The molecule has 6 heteroatoms. The molecule has 0 bridgehead atoms. The molecule has 0 N–H and O–H groups in total. The molecule has 0 spiro atoms. The van der Waals surface area contributed by atoms with Gasteiger partial charge in [0.1, 0.15) is 17.5 Å². The maximum atomic E-state index is 5.34. The fourth-order valence-corrected chi connectivity index (χ4v) is 7.81. The maximum Gasteiger partial charge on any atom is 0.145 e. The highest BCUT2D eigenvalue weighted by molar-refractivity contribution is 5.92. The van der Waals surface area contributed by atoms with E-state index in [1.165, 1.54) is 5.70 Å². The smallest absolute Gasteiger partial charge is 0.145 e. The third-order valence-corrected chi connectivity index (χ3v) is 10.2. The van der Waals surface area contributed by atoms with E-state index in [-0.39, 0.29) is 0 Å². The molecule has 3 aromatic heterocycles. The van der Waals surface area contributed by atoms with Gasteiger partial charge in [0.15, 0.2) is 0 Å². The lowest BCUT2D eigenvalue weighted by molar-refractivity contribution is 0.734. The summed E-state index contributed by atoms with van der Waals surface area (Å²) in [7, 11) is 0. The molecule has 10 rings (SSSR count). The van der Waals surface area contributed by atoms with Crippen LogP contribution in [0.1, 0.15) is 26.2 Å². The van der Waals surface area contributed by atoms with E-state index < -0.39 is 0 Å². The number of fused-ring (bicyclic) bond motifs is 3. The van der Waals surface area contributed by atoms with Crippen molar-refractivity contribution in [3.8, 4) is 39.9 Å². The molecule has 2 aliphatic carbocycles. The van der Waals surface area contributed by atoms with Gasteiger partial charge >= 0.3 is 0 Å². The number of hydrogen-bond donors (Lipinski definition) is 0. The number of hydrogen-bond acceptors (Lipinski definition) is 3. The summed E-state index contributed by atoms with van der Waals surface area (Å²) in [5.74, 6) is 3.09. The van der Waals surface area contributed by atoms with Gasteiger partial charge in [-0.15, -0.1) is 0 Å². The van der Waals surface area contributed by atoms with Crippen molar-refractivity contribution in [1.82, 2.24) is 28.7 Å². The first-order chi connectivity index (χ1) is 25.7. The molecule has 8 aromatic rings. The fourth-order valence-electron chi connectivity index (χ4n) is 7.81. The Bertz CT molecular complexity index is 2780. The van der Waals surface area contributed by atoms with E-state index in [9.17, 15) is 0 Å². The van der Waals surface area contributed by atoms with Crippen molar-refractivity contribution in [2.24, 2.45) is 5.92 Å². The van der Waals surface area contributed by atoms with Crippen molar-refractivity contribution in [2.45, 2.75) is 26.2 Å². The highest BCUT2D eigenvalue weighted by Gasteiger charge is 2.23. The summed E-state index contributed by atoms with van der Waals surface area (Å²) >= 11 is 0. The second-order valence-electron chi connectivity index (χ2n) is 13.7. The van der Waals surface area contributed by atoms with Crippen LogP contribution in [0, 0.1) is 5.92 Å². The van der Waals surface area contributed by atoms with Gasteiger partial charge in [0.2, 0.25) is 0 Å². The monoisotopic (exact) mass is 672 g/mol. The Morgan fingerprint density at radius 3 is 1.65 bits per heavy atom. The molecule has 5 aromatic carbocycles. The summed E-state index contributed by atoms with van der Waals surface area (Å²) in [6, 6.07) is 42.6. The van der Waals surface area contributed by atoms with Crippen LogP contribution >= 0.6 is 0 Å². The molecule has 250 valence electrons. The normalized spacial score (nSPS) is 15.8. The van der Waals surface area contributed by atoms with Crippen LogP contribution in [0.2, 0.25) is 0 Å². The van der Waals surface area contributed by atoms with Crippen molar-refractivity contribution in [3.63, 3.8) is 0 Å². The molecule has 3 heterocycles. The number of para-hydroxylation sites is 7. The summed E-state index contributed by atoms with van der Waals surface area (Å²) in [5, 5.41) is 0. The zero-order valence-electron chi connectivity index (χ0n) is 28.9. The first-order valence-electron chi connectivity index (χ1n) is 18.1. The molecule has 52 heavy (non-hydrogen) atoms. The topological polar surface area (TPSA) is 53.5 Å². The van der Waals surface area contributed by atoms with Gasteiger partial charge in [-0.1, -0.05) is 85.8 Å². The van der Waals surface area contributed by atoms with Gasteiger partial charge in [-0.3, -0.25) is 13.7 Å². The number of nitrogens with zero attached hydrogens (tertiary/aromatic N) is 6. The van der Waals surface area contributed by atoms with E-state index in [1.54, 1.807) is 0 Å². The maximum absolute atomic E-state index is 5.34. The van der Waals surface area contributed by atoms with Crippen LogP contribution in [0.5, 0.6) is 0 Å². The van der Waals surface area contributed by atoms with Crippen LogP contribution in [0.4, 0.5) is 0 Å². The number of rotatable bonds is 6. The molecule has 6 nitrogen and oxygen atoms in total. The molecule has 1 atom stereocenters. The quantitative estimate of drug-likeness (QED) is 0.177. The molecule has 0 aliphatic heterocycles. The van der Waals surface area contributed by atoms with Gasteiger partial charge in [0.05, 0.1) is 33.1 Å². The van der Waals surface area contributed by atoms with Crippen molar-refractivity contribution in [1.29, 1.82) is 0 Å². The number of allylic oxidation sites excluding steroid dienone is 8. The highest BCUT2D eigenvalue weighted by Crippen LogP contribution is 2.39. The zero-order valence-corrected chi connectivity index (χ0v) is 28.9. The number of aromatic nitrogens is 6. The van der Waals surface area contributed by atoms with Crippen molar-refractivity contribution in [2.75, 3.05) is 0 Å². The lowest BCUT2D eigenvalue weighted by atomic mass is 10.0. The minimum Gasteiger partial charge on any atom is -0.296 e. The van der Waals surface area contributed by atoms with Crippen LogP contribution in [0.15, 0.2) is 158 Å². The van der Waals surface area contributed by atoms with Crippen LogP contribution < -0.4 is 0 Å². The molecule has 0 radical (unpaired) electrons. The Hall–Kier alpha value is -6.53. The van der Waals surface area contributed by atoms with E-state index in [1.807, 2.05) is 0 Å². The molecule has 1 unspecified atom stereocenters. The molecule has 0 saturated carbocycles. The van der Waals surface area contributed by atoms with Gasteiger partial charge in [-0.25, -0.2) is 15.0 Å². The van der Waals surface area contributed by atoms with E-state index in [0.717, 1.165) is 97.9 Å². The second-order valence-corrected chi connectivity index (χ2v) is 13.7.